The molecule has 1 spiro atoms. The zero-order valence-corrected chi connectivity index (χ0v) is 14.1. The average molecular weight is 330 g/mol. The summed E-state index contributed by atoms with van der Waals surface area (Å²) in [4.78, 5) is 20.8. The first-order valence-electron chi connectivity index (χ1n) is 9.10. The molecule has 3 fully saturated rings. The molecule has 0 aliphatic carbocycles. The largest absolute Gasteiger partial charge is 0.373 e. The second kappa shape index (κ2) is 6.59. The number of ether oxygens (including phenoxy) is 1. The van der Waals surface area contributed by atoms with Crippen LogP contribution >= 0.6 is 0 Å². The van der Waals surface area contributed by atoms with E-state index in [1.807, 2.05) is 28.0 Å². The van der Waals surface area contributed by atoms with Gasteiger partial charge in [-0.3, -0.25) is 0 Å². The number of hydrogen-bond acceptors (Lipinski definition) is 4. The van der Waals surface area contributed by atoms with Crippen LogP contribution in [0.3, 0.4) is 0 Å². The van der Waals surface area contributed by atoms with Crippen molar-refractivity contribution in [3.8, 4) is 0 Å². The molecule has 3 saturated heterocycles. The number of nitrogens with one attached hydrogen (secondary N) is 1. The molecule has 1 atom stereocenters. The second-order valence-corrected chi connectivity index (χ2v) is 7.22. The number of carbonyl (C=O) groups excluding carboxylic acids is 1. The third-order valence-electron chi connectivity index (χ3n) is 5.55. The molecule has 0 unspecified atom stereocenters. The zero-order valence-electron chi connectivity index (χ0n) is 14.1. The van der Waals surface area contributed by atoms with Crippen LogP contribution in [0.25, 0.3) is 0 Å². The van der Waals surface area contributed by atoms with E-state index in [4.69, 9.17) is 4.74 Å². The van der Waals surface area contributed by atoms with Crippen molar-refractivity contribution in [3.63, 3.8) is 0 Å². The van der Waals surface area contributed by atoms with Gasteiger partial charge in [0.1, 0.15) is 5.82 Å². The number of carbonyl (C=O) groups is 1. The van der Waals surface area contributed by atoms with Crippen molar-refractivity contribution >= 4 is 11.8 Å². The van der Waals surface area contributed by atoms with Crippen LogP contribution in [0.2, 0.25) is 0 Å². The molecule has 6 nitrogen and oxygen atoms in total. The minimum atomic E-state index is -0.0613. The number of pyridine rings is 1. The third kappa shape index (κ3) is 3.20. The van der Waals surface area contributed by atoms with Gasteiger partial charge in [0, 0.05) is 32.4 Å². The summed E-state index contributed by atoms with van der Waals surface area (Å²) in [5, 5.41) is 3.47. The van der Waals surface area contributed by atoms with Gasteiger partial charge < -0.3 is 19.9 Å². The summed E-state index contributed by atoms with van der Waals surface area (Å²) in [5.41, 5.74) is -0.0613. The standard InChI is InChI=1S/C18H26N4O2/c23-17(21-9-3-4-10-21)22-11-6-18(7-12-22)13-15(14-24-18)20-16-5-1-2-8-19-16/h1-2,5,8,15H,3-4,6-7,9-14H2,(H,19,20)/t15-/m0/s1. The van der Waals surface area contributed by atoms with Crippen molar-refractivity contribution in [2.24, 2.45) is 0 Å². The van der Waals surface area contributed by atoms with Crippen LogP contribution in [0, 0.1) is 0 Å². The molecule has 0 saturated carbocycles. The fraction of sp³-hybridized carbons (Fsp3) is 0.667. The van der Waals surface area contributed by atoms with Crippen molar-refractivity contribution in [3.05, 3.63) is 24.4 Å². The van der Waals surface area contributed by atoms with E-state index in [2.05, 4.69) is 10.3 Å². The van der Waals surface area contributed by atoms with Crippen LogP contribution < -0.4 is 5.32 Å². The maximum absolute atomic E-state index is 12.5. The van der Waals surface area contributed by atoms with Crippen LogP contribution in [0.1, 0.15) is 32.1 Å². The summed E-state index contributed by atoms with van der Waals surface area (Å²) in [6.45, 7) is 4.19. The van der Waals surface area contributed by atoms with E-state index in [1.165, 1.54) is 0 Å². The number of urea groups is 1. The van der Waals surface area contributed by atoms with Gasteiger partial charge in [-0.15, -0.1) is 0 Å². The maximum Gasteiger partial charge on any atom is 0.320 e. The monoisotopic (exact) mass is 330 g/mol. The Balaban J connectivity index is 1.30. The normalized spacial score (nSPS) is 26.1. The predicted molar refractivity (Wildman–Crippen MR) is 92.0 cm³/mol. The van der Waals surface area contributed by atoms with E-state index < -0.39 is 0 Å². The van der Waals surface area contributed by atoms with Crippen LogP contribution in [0.5, 0.6) is 0 Å². The Bertz CT molecular complexity index is 566. The molecule has 24 heavy (non-hydrogen) atoms. The summed E-state index contributed by atoms with van der Waals surface area (Å²) in [5.74, 6) is 0.907. The smallest absolute Gasteiger partial charge is 0.320 e. The molecule has 0 bridgehead atoms. The maximum atomic E-state index is 12.5. The number of rotatable bonds is 2. The van der Waals surface area contributed by atoms with E-state index in [-0.39, 0.29) is 11.6 Å². The van der Waals surface area contributed by atoms with Crippen LogP contribution in [-0.2, 0) is 4.74 Å². The third-order valence-corrected chi connectivity index (χ3v) is 5.55. The fourth-order valence-corrected chi connectivity index (χ4v) is 4.16. The van der Waals surface area contributed by atoms with Crippen LogP contribution in [0.15, 0.2) is 24.4 Å². The van der Waals surface area contributed by atoms with Gasteiger partial charge in [0.15, 0.2) is 0 Å². The molecular formula is C18H26N4O2. The highest BCUT2D eigenvalue weighted by molar-refractivity contribution is 5.74. The SMILES string of the molecule is O=C(N1CCCC1)N1CCC2(CC1)C[C@H](Nc1ccccn1)CO2. The topological polar surface area (TPSA) is 57.7 Å². The number of likely N-dealkylation sites (tertiary alicyclic amines) is 2. The lowest BCUT2D eigenvalue weighted by molar-refractivity contribution is -0.0379. The second-order valence-electron chi connectivity index (χ2n) is 7.22. The van der Waals surface area contributed by atoms with Gasteiger partial charge >= 0.3 is 6.03 Å². The quantitative estimate of drug-likeness (QED) is 0.904. The van der Waals surface area contributed by atoms with E-state index in [9.17, 15) is 4.79 Å². The van der Waals surface area contributed by atoms with Gasteiger partial charge in [-0.1, -0.05) is 6.07 Å². The van der Waals surface area contributed by atoms with Crippen LogP contribution in [-0.4, -0.2) is 65.2 Å². The van der Waals surface area contributed by atoms with Crippen molar-refractivity contribution in [2.75, 3.05) is 38.1 Å². The minimum absolute atomic E-state index is 0.0613. The van der Waals surface area contributed by atoms with E-state index in [0.717, 1.165) is 70.7 Å². The molecule has 1 N–H and O–H groups in total. The molecule has 3 aliphatic rings. The summed E-state index contributed by atoms with van der Waals surface area (Å²) in [6.07, 6.45) is 6.96. The number of anilines is 1. The lowest BCUT2D eigenvalue weighted by Gasteiger charge is -2.39. The number of amides is 2. The highest BCUT2D eigenvalue weighted by atomic mass is 16.5. The lowest BCUT2D eigenvalue weighted by atomic mass is 9.87. The Labute approximate surface area is 143 Å². The molecule has 1 aromatic rings. The molecule has 2 amide bonds. The first-order chi connectivity index (χ1) is 11.7. The molecule has 4 heterocycles. The first-order valence-corrected chi connectivity index (χ1v) is 9.10. The van der Waals surface area contributed by atoms with Crippen molar-refractivity contribution in [1.29, 1.82) is 0 Å². The summed E-state index contributed by atoms with van der Waals surface area (Å²) in [6, 6.07) is 6.43. The Kier molecular flexibility index (Phi) is 4.31. The number of nitrogens with zero attached hydrogens (tertiary/aromatic N) is 3. The van der Waals surface area contributed by atoms with Gasteiger partial charge in [-0.05, 0) is 44.2 Å². The van der Waals surface area contributed by atoms with Crippen molar-refractivity contribution < 1.29 is 9.53 Å². The zero-order chi connectivity index (χ0) is 16.4. The predicted octanol–water partition coefficient (Wildman–Crippen LogP) is 2.33. The fourth-order valence-electron chi connectivity index (χ4n) is 4.16. The highest BCUT2D eigenvalue weighted by Crippen LogP contribution is 2.37. The number of aromatic nitrogens is 1. The molecule has 6 heteroatoms. The average Bonchev–Trinajstić information content (AvgIpc) is 3.27. The van der Waals surface area contributed by atoms with Gasteiger partial charge in [0.2, 0.25) is 0 Å². The summed E-state index contributed by atoms with van der Waals surface area (Å²) < 4.78 is 6.18. The molecule has 3 aliphatic heterocycles. The molecule has 0 radical (unpaired) electrons. The number of piperidine rings is 1. The Hall–Kier alpha value is -1.82. The molecule has 1 aromatic heterocycles. The highest BCUT2D eigenvalue weighted by Gasteiger charge is 2.44. The lowest BCUT2D eigenvalue weighted by Crippen LogP contribution is -2.50. The molecule has 130 valence electrons. The first kappa shape index (κ1) is 15.7. The van der Waals surface area contributed by atoms with E-state index >= 15 is 0 Å². The molecule has 0 aromatic carbocycles. The Morgan fingerprint density at radius 2 is 1.92 bits per heavy atom. The molecular weight excluding hydrogens is 304 g/mol. The van der Waals surface area contributed by atoms with Crippen molar-refractivity contribution in [1.82, 2.24) is 14.8 Å². The Morgan fingerprint density at radius 1 is 1.17 bits per heavy atom. The van der Waals surface area contributed by atoms with Crippen molar-refractivity contribution in [2.45, 2.75) is 43.7 Å². The van der Waals surface area contributed by atoms with Gasteiger partial charge in [0.25, 0.3) is 0 Å². The minimum Gasteiger partial charge on any atom is -0.373 e. The van der Waals surface area contributed by atoms with Crippen LogP contribution in [0.4, 0.5) is 10.6 Å². The van der Waals surface area contributed by atoms with E-state index in [0.29, 0.717) is 6.04 Å². The molecule has 4 rings (SSSR count). The van der Waals surface area contributed by atoms with Gasteiger partial charge in [-0.25, -0.2) is 9.78 Å². The Morgan fingerprint density at radius 3 is 2.62 bits per heavy atom. The van der Waals surface area contributed by atoms with E-state index in [1.54, 1.807) is 6.20 Å². The van der Waals surface area contributed by atoms with Gasteiger partial charge in [0.05, 0.1) is 18.2 Å². The summed E-state index contributed by atoms with van der Waals surface area (Å²) in [7, 11) is 0. The number of hydrogen-bond donors (Lipinski definition) is 1. The summed E-state index contributed by atoms with van der Waals surface area (Å²) >= 11 is 0. The van der Waals surface area contributed by atoms with Gasteiger partial charge in [-0.2, -0.15) is 0 Å².